The van der Waals surface area contributed by atoms with E-state index in [1.165, 1.54) is 6.07 Å². The molecule has 2 nitrogen and oxygen atoms in total. The van der Waals surface area contributed by atoms with Crippen molar-refractivity contribution in [3.63, 3.8) is 0 Å². The number of halogens is 2. The van der Waals surface area contributed by atoms with Crippen molar-refractivity contribution in [1.29, 1.82) is 0 Å². The zero-order valence-electron chi connectivity index (χ0n) is 18.8. The predicted octanol–water partition coefficient (Wildman–Crippen LogP) is 7.02. The van der Waals surface area contributed by atoms with Crippen LogP contribution in [0, 0.1) is 28.5 Å². The average Bonchev–Trinajstić information content (AvgIpc) is 3.15. The second kappa shape index (κ2) is 7.10. The maximum absolute atomic E-state index is 16.2. The number of ketones is 1. The Morgan fingerprint density at radius 1 is 1.10 bits per heavy atom. The highest BCUT2D eigenvalue weighted by Crippen LogP contribution is 2.60. The van der Waals surface area contributed by atoms with E-state index >= 15 is 4.39 Å². The van der Waals surface area contributed by atoms with Crippen molar-refractivity contribution >= 4 is 16.7 Å². The molecule has 0 bridgehead atoms. The molecule has 0 amide bonds. The minimum absolute atomic E-state index is 0.0321. The van der Waals surface area contributed by atoms with E-state index in [2.05, 4.69) is 4.98 Å². The monoisotopic (exact) mass is 413 g/mol. The van der Waals surface area contributed by atoms with Gasteiger partial charge in [-0.1, -0.05) is 20.8 Å². The van der Waals surface area contributed by atoms with Gasteiger partial charge in [0.15, 0.2) is 0 Å². The molecule has 0 saturated heterocycles. The second-order valence-corrected chi connectivity index (χ2v) is 11.4. The van der Waals surface area contributed by atoms with Gasteiger partial charge < -0.3 is 0 Å². The third-order valence-electron chi connectivity index (χ3n) is 7.70. The number of Topliss-reactive ketones (excluding diaryl/α,β-unsaturated/α-hetero) is 1. The Morgan fingerprint density at radius 3 is 2.33 bits per heavy atom. The Kier molecular flexibility index (Phi) is 5.06. The van der Waals surface area contributed by atoms with Gasteiger partial charge in [-0.15, -0.1) is 0 Å². The highest BCUT2D eigenvalue weighted by molar-refractivity contribution is 5.86. The van der Waals surface area contributed by atoms with Crippen molar-refractivity contribution in [3.05, 3.63) is 41.8 Å². The van der Waals surface area contributed by atoms with Gasteiger partial charge in [-0.3, -0.25) is 9.78 Å². The molecule has 0 N–H and O–H groups in total. The van der Waals surface area contributed by atoms with Crippen molar-refractivity contribution < 1.29 is 13.6 Å². The molecule has 2 aromatic rings. The Balaban J connectivity index is 1.53. The van der Waals surface area contributed by atoms with Gasteiger partial charge in [0.25, 0.3) is 0 Å². The van der Waals surface area contributed by atoms with Crippen LogP contribution in [0.1, 0.15) is 78.2 Å². The van der Waals surface area contributed by atoms with Gasteiger partial charge >= 0.3 is 0 Å². The Labute approximate surface area is 178 Å². The van der Waals surface area contributed by atoms with Crippen LogP contribution in [0.4, 0.5) is 8.78 Å². The van der Waals surface area contributed by atoms with E-state index < -0.39 is 11.1 Å². The molecule has 4 atom stereocenters. The Bertz CT molecular complexity index is 961. The summed E-state index contributed by atoms with van der Waals surface area (Å²) >= 11 is 0. The molecular weight excluding hydrogens is 380 g/mol. The second-order valence-electron chi connectivity index (χ2n) is 11.4. The van der Waals surface area contributed by atoms with Gasteiger partial charge in [-0.05, 0) is 92.5 Å². The van der Waals surface area contributed by atoms with Crippen molar-refractivity contribution in [2.24, 2.45) is 22.7 Å². The molecule has 1 heterocycles. The fourth-order valence-corrected chi connectivity index (χ4v) is 5.84. The van der Waals surface area contributed by atoms with Gasteiger partial charge in [0.2, 0.25) is 0 Å². The number of benzene rings is 1. The normalized spacial score (nSPS) is 29.4. The average molecular weight is 414 g/mol. The summed E-state index contributed by atoms with van der Waals surface area (Å²) < 4.78 is 30.0. The van der Waals surface area contributed by atoms with Crippen molar-refractivity contribution in [2.45, 2.75) is 78.3 Å². The molecule has 1 aromatic heterocycles. The summed E-state index contributed by atoms with van der Waals surface area (Å²) in [5.74, 6) is 0.628. The number of nitrogens with zero attached hydrogens (tertiary/aromatic N) is 1. The van der Waals surface area contributed by atoms with E-state index in [0.717, 1.165) is 29.3 Å². The van der Waals surface area contributed by atoms with Crippen LogP contribution < -0.4 is 0 Å². The number of alkyl halides is 1. The quantitative estimate of drug-likeness (QED) is 0.539. The van der Waals surface area contributed by atoms with Crippen molar-refractivity contribution in [2.75, 3.05) is 0 Å². The molecule has 4 heteroatoms. The molecule has 30 heavy (non-hydrogen) atoms. The van der Waals surface area contributed by atoms with Crippen molar-refractivity contribution in [1.82, 2.24) is 4.98 Å². The molecule has 1 aromatic carbocycles. The van der Waals surface area contributed by atoms with E-state index in [0.29, 0.717) is 25.2 Å². The van der Waals surface area contributed by atoms with Crippen LogP contribution in [0.5, 0.6) is 0 Å². The standard InChI is InChI=1S/C26H33F2NO/c1-24(2,3)15-23(30)25(4,5)26(28)13-17-10-16(11-18(17)14-26)20-8-9-29-22-7-6-19(27)12-21(20)22/h6-9,12,16-18H,10-11,13-15H2,1-5H3/t16?,17-,18+,26?. The smallest absolute Gasteiger partial charge is 0.142 e. The molecular formula is C26H33F2NO. The third kappa shape index (κ3) is 3.67. The molecule has 0 spiro atoms. The molecule has 0 radical (unpaired) electrons. The Morgan fingerprint density at radius 2 is 1.73 bits per heavy atom. The SMILES string of the molecule is CC(C)(C)CC(=O)C(C)(C)C1(F)C[C@H]2CC(c3ccnc4ccc(F)cc34)C[C@H]2C1. The van der Waals surface area contributed by atoms with Crippen LogP contribution >= 0.6 is 0 Å². The number of carbonyl (C=O) groups excluding carboxylic acids is 1. The van der Waals surface area contributed by atoms with Crippen LogP contribution in [0.2, 0.25) is 0 Å². The first-order chi connectivity index (χ1) is 13.9. The van der Waals surface area contributed by atoms with E-state index in [-0.39, 0.29) is 28.9 Å². The summed E-state index contributed by atoms with van der Waals surface area (Å²) in [4.78, 5) is 17.3. The van der Waals surface area contributed by atoms with Gasteiger partial charge in [-0.25, -0.2) is 8.78 Å². The Hall–Kier alpha value is -1.84. The zero-order chi connectivity index (χ0) is 21.9. The molecule has 2 fully saturated rings. The number of hydrogen-bond acceptors (Lipinski definition) is 2. The zero-order valence-corrected chi connectivity index (χ0v) is 18.8. The fraction of sp³-hybridized carbons (Fsp3) is 0.615. The number of fused-ring (bicyclic) bond motifs is 2. The topological polar surface area (TPSA) is 30.0 Å². The van der Waals surface area contributed by atoms with Crippen LogP contribution in [0.3, 0.4) is 0 Å². The molecule has 2 aliphatic rings. The number of hydrogen-bond donors (Lipinski definition) is 0. The van der Waals surface area contributed by atoms with E-state index in [4.69, 9.17) is 0 Å². The first-order valence-corrected chi connectivity index (χ1v) is 11.2. The third-order valence-corrected chi connectivity index (χ3v) is 7.70. The van der Waals surface area contributed by atoms with Gasteiger partial charge in [0.1, 0.15) is 17.3 Å². The van der Waals surface area contributed by atoms with Gasteiger partial charge in [0.05, 0.1) is 10.9 Å². The summed E-state index contributed by atoms with van der Waals surface area (Å²) in [6.45, 7) is 9.70. The lowest BCUT2D eigenvalue weighted by atomic mass is 9.67. The number of pyridine rings is 1. The van der Waals surface area contributed by atoms with E-state index in [1.807, 2.05) is 26.8 Å². The fourth-order valence-electron chi connectivity index (χ4n) is 5.84. The maximum atomic E-state index is 16.2. The van der Waals surface area contributed by atoms with E-state index in [1.54, 1.807) is 32.2 Å². The first-order valence-electron chi connectivity index (χ1n) is 11.2. The van der Waals surface area contributed by atoms with Crippen LogP contribution in [-0.2, 0) is 4.79 Å². The minimum atomic E-state index is -1.44. The van der Waals surface area contributed by atoms with Crippen LogP contribution in [-0.4, -0.2) is 16.4 Å². The number of carbonyl (C=O) groups is 1. The molecule has 162 valence electrons. The van der Waals surface area contributed by atoms with Gasteiger partial charge in [0, 0.05) is 18.0 Å². The summed E-state index contributed by atoms with van der Waals surface area (Å²) in [6, 6.07) is 6.73. The summed E-state index contributed by atoms with van der Waals surface area (Å²) in [5.41, 5.74) is -0.613. The minimum Gasteiger partial charge on any atom is -0.299 e. The lowest BCUT2D eigenvalue weighted by Gasteiger charge is -2.39. The molecule has 4 rings (SSSR count). The highest BCUT2D eigenvalue weighted by Gasteiger charge is 2.59. The lowest BCUT2D eigenvalue weighted by molar-refractivity contribution is -0.138. The molecule has 2 aliphatic carbocycles. The number of rotatable bonds is 4. The van der Waals surface area contributed by atoms with Gasteiger partial charge in [-0.2, -0.15) is 0 Å². The molecule has 0 aliphatic heterocycles. The van der Waals surface area contributed by atoms with Crippen molar-refractivity contribution in [3.8, 4) is 0 Å². The molecule has 2 saturated carbocycles. The largest absolute Gasteiger partial charge is 0.299 e. The summed E-state index contributed by atoms with van der Waals surface area (Å²) in [5, 5.41) is 0.870. The van der Waals surface area contributed by atoms with E-state index in [9.17, 15) is 9.18 Å². The maximum Gasteiger partial charge on any atom is 0.142 e. The lowest BCUT2D eigenvalue weighted by Crippen LogP contribution is -2.46. The van der Waals surface area contributed by atoms with Crippen LogP contribution in [0.25, 0.3) is 10.9 Å². The number of aromatic nitrogens is 1. The summed E-state index contributed by atoms with van der Waals surface area (Å²) in [6.07, 6.45) is 4.89. The summed E-state index contributed by atoms with van der Waals surface area (Å²) in [7, 11) is 0. The molecule has 2 unspecified atom stereocenters. The highest BCUT2D eigenvalue weighted by atomic mass is 19.1. The van der Waals surface area contributed by atoms with Crippen LogP contribution in [0.15, 0.2) is 30.5 Å². The predicted molar refractivity (Wildman–Crippen MR) is 117 cm³/mol. The first kappa shape index (κ1) is 21.4.